The van der Waals surface area contributed by atoms with Crippen LogP contribution in [0.2, 0.25) is 28.2 Å². The molecule has 3 atom stereocenters. The highest BCUT2D eigenvalue weighted by molar-refractivity contribution is 6.72. The lowest BCUT2D eigenvalue weighted by Crippen LogP contribution is -2.39. The minimum atomic E-state index is -2.18. The topological polar surface area (TPSA) is 20.2 Å². The fourth-order valence-corrected chi connectivity index (χ4v) is 5.88. The standard InChI is InChI=1S/C25H34Cl2OSi/c1-17-6-8-19(9-7-17)22-14-18(12-13-25(2,3)29(4,5)28)15-23(22)21-11-10-20(26)16-24(21)27/h6-11,16,18,22-23,28H,12-15H2,1-5H3/t18?,22-,23+/m1/s1. The Morgan fingerprint density at radius 1 is 1.00 bits per heavy atom. The zero-order valence-electron chi connectivity index (χ0n) is 18.3. The van der Waals surface area contributed by atoms with Gasteiger partial charge in [0.25, 0.3) is 0 Å². The number of rotatable bonds is 6. The lowest BCUT2D eigenvalue weighted by molar-refractivity contribution is 0.392. The maximum absolute atomic E-state index is 10.7. The van der Waals surface area contributed by atoms with Crippen LogP contribution in [0.1, 0.15) is 68.1 Å². The van der Waals surface area contributed by atoms with Crippen LogP contribution < -0.4 is 0 Å². The van der Waals surface area contributed by atoms with Crippen molar-refractivity contribution in [3.63, 3.8) is 0 Å². The molecule has 3 rings (SSSR count). The van der Waals surface area contributed by atoms with Crippen LogP contribution in [0.4, 0.5) is 0 Å². The van der Waals surface area contributed by atoms with Crippen LogP contribution in [0.5, 0.6) is 0 Å². The summed E-state index contributed by atoms with van der Waals surface area (Å²) in [5, 5.41) is 1.50. The quantitative estimate of drug-likeness (QED) is 0.440. The molecule has 1 saturated carbocycles. The van der Waals surface area contributed by atoms with Crippen LogP contribution in [0.25, 0.3) is 0 Å². The Balaban J connectivity index is 1.85. The third kappa shape index (κ3) is 5.28. The van der Waals surface area contributed by atoms with Gasteiger partial charge in [0.2, 0.25) is 0 Å². The molecular formula is C25H34Cl2OSi. The van der Waals surface area contributed by atoms with E-state index in [-0.39, 0.29) is 5.04 Å². The SMILES string of the molecule is Cc1ccc([C@H]2CC(CCC(C)(C)[Si](C)(C)O)C[C@H]2c2ccc(Cl)cc2Cl)cc1. The van der Waals surface area contributed by atoms with Gasteiger partial charge in [-0.2, -0.15) is 0 Å². The van der Waals surface area contributed by atoms with Gasteiger partial charge in [0.1, 0.15) is 0 Å². The first-order chi connectivity index (χ1) is 13.5. The summed E-state index contributed by atoms with van der Waals surface area (Å²) >= 11 is 12.8. The summed E-state index contributed by atoms with van der Waals surface area (Å²) in [5.41, 5.74) is 3.92. The van der Waals surface area contributed by atoms with Crippen LogP contribution in [0.15, 0.2) is 42.5 Å². The lowest BCUT2D eigenvalue weighted by atomic mass is 9.84. The van der Waals surface area contributed by atoms with Gasteiger partial charge in [-0.25, -0.2) is 0 Å². The van der Waals surface area contributed by atoms with Gasteiger partial charge in [-0.15, -0.1) is 0 Å². The van der Waals surface area contributed by atoms with Gasteiger partial charge in [0, 0.05) is 10.0 Å². The Morgan fingerprint density at radius 2 is 1.62 bits per heavy atom. The van der Waals surface area contributed by atoms with Gasteiger partial charge in [-0.3, -0.25) is 0 Å². The number of halogens is 2. The van der Waals surface area contributed by atoms with Crippen molar-refractivity contribution >= 4 is 31.5 Å². The van der Waals surface area contributed by atoms with Crippen LogP contribution in [-0.2, 0) is 0 Å². The van der Waals surface area contributed by atoms with Gasteiger partial charge in [0.05, 0.1) is 0 Å². The van der Waals surface area contributed by atoms with Crippen LogP contribution in [0, 0.1) is 12.8 Å². The second kappa shape index (κ2) is 8.75. The highest BCUT2D eigenvalue weighted by Crippen LogP contribution is 2.53. The molecule has 1 fully saturated rings. The largest absolute Gasteiger partial charge is 0.432 e. The molecule has 0 heterocycles. The predicted molar refractivity (Wildman–Crippen MR) is 129 cm³/mol. The number of hydrogen-bond donors (Lipinski definition) is 1. The van der Waals surface area contributed by atoms with Crippen molar-refractivity contribution in [2.75, 3.05) is 0 Å². The molecule has 0 bridgehead atoms. The molecular weight excluding hydrogens is 415 g/mol. The summed E-state index contributed by atoms with van der Waals surface area (Å²) in [6, 6.07) is 15.0. The van der Waals surface area contributed by atoms with Crippen molar-refractivity contribution in [2.45, 2.75) is 76.4 Å². The highest BCUT2D eigenvalue weighted by atomic mass is 35.5. The maximum atomic E-state index is 10.7. The summed E-state index contributed by atoms with van der Waals surface area (Å²) in [6.07, 6.45) is 4.56. The average molecular weight is 450 g/mol. The van der Waals surface area contributed by atoms with Gasteiger partial charge in [0.15, 0.2) is 8.32 Å². The maximum Gasteiger partial charge on any atom is 0.188 e. The Hall–Kier alpha value is -0.803. The fourth-order valence-electron chi connectivity index (χ4n) is 4.58. The second-order valence-electron chi connectivity index (χ2n) is 10.1. The monoisotopic (exact) mass is 448 g/mol. The van der Waals surface area contributed by atoms with Crippen molar-refractivity contribution < 1.29 is 4.80 Å². The van der Waals surface area contributed by atoms with Crippen LogP contribution >= 0.6 is 23.2 Å². The molecule has 0 amide bonds. The summed E-state index contributed by atoms with van der Waals surface area (Å²) in [6.45, 7) is 10.7. The molecule has 158 valence electrons. The van der Waals surface area contributed by atoms with E-state index in [1.807, 2.05) is 12.1 Å². The molecule has 0 radical (unpaired) electrons. The van der Waals surface area contributed by atoms with Crippen molar-refractivity contribution in [1.82, 2.24) is 0 Å². The number of hydrogen-bond acceptors (Lipinski definition) is 1. The average Bonchev–Trinajstić information content (AvgIpc) is 3.04. The third-order valence-electron chi connectivity index (χ3n) is 7.36. The Morgan fingerprint density at radius 3 is 2.21 bits per heavy atom. The lowest BCUT2D eigenvalue weighted by Gasteiger charge is -2.35. The van der Waals surface area contributed by atoms with Crippen molar-refractivity contribution in [2.24, 2.45) is 5.92 Å². The molecule has 29 heavy (non-hydrogen) atoms. The summed E-state index contributed by atoms with van der Waals surface area (Å²) in [4.78, 5) is 10.7. The molecule has 1 N–H and O–H groups in total. The summed E-state index contributed by atoms with van der Waals surface area (Å²) in [7, 11) is -2.18. The Labute approximate surface area is 187 Å². The molecule has 1 unspecified atom stereocenters. The Bertz CT molecular complexity index is 839. The van der Waals surface area contributed by atoms with E-state index in [0.717, 1.165) is 24.3 Å². The molecule has 1 aliphatic rings. The van der Waals surface area contributed by atoms with Crippen molar-refractivity contribution in [1.29, 1.82) is 0 Å². The Kier molecular flexibility index (Phi) is 6.90. The molecule has 0 aliphatic heterocycles. The smallest absolute Gasteiger partial charge is 0.188 e. The summed E-state index contributed by atoms with van der Waals surface area (Å²) in [5.74, 6) is 1.53. The van der Waals surface area contributed by atoms with Crippen LogP contribution in [-0.4, -0.2) is 13.1 Å². The van der Waals surface area contributed by atoms with E-state index in [1.165, 1.54) is 23.1 Å². The van der Waals surface area contributed by atoms with Crippen molar-refractivity contribution in [3.05, 3.63) is 69.2 Å². The molecule has 0 saturated heterocycles. The first-order valence-corrected chi connectivity index (χ1v) is 14.4. The van der Waals surface area contributed by atoms with E-state index in [4.69, 9.17) is 23.2 Å². The number of benzene rings is 2. The minimum Gasteiger partial charge on any atom is -0.432 e. The number of aryl methyl sites for hydroxylation is 1. The van der Waals surface area contributed by atoms with Gasteiger partial charge in [-0.05, 0) is 85.3 Å². The van der Waals surface area contributed by atoms with Crippen LogP contribution in [0.3, 0.4) is 0 Å². The van der Waals surface area contributed by atoms with E-state index in [0.29, 0.717) is 22.8 Å². The first kappa shape index (κ1) is 22.9. The zero-order valence-corrected chi connectivity index (χ0v) is 20.8. The predicted octanol–water partition coefficient (Wildman–Crippen LogP) is 8.34. The van der Waals surface area contributed by atoms with E-state index < -0.39 is 8.32 Å². The van der Waals surface area contributed by atoms with E-state index in [2.05, 4.69) is 64.2 Å². The summed E-state index contributed by atoms with van der Waals surface area (Å²) < 4.78 is 0. The fraction of sp³-hybridized carbons (Fsp3) is 0.520. The van der Waals surface area contributed by atoms with E-state index >= 15 is 0 Å². The van der Waals surface area contributed by atoms with E-state index in [9.17, 15) is 4.80 Å². The third-order valence-corrected chi connectivity index (χ3v) is 11.5. The molecule has 2 aromatic rings. The normalized spacial score (nSPS) is 22.8. The molecule has 1 nitrogen and oxygen atoms in total. The van der Waals surface area contributed by atoms with Gasteiger partial charge in [-0.1, -0.05) is 79.4 Å². The van der Waals surface area contributed by atoms with Gasteiger partial charge < -0.3 is 4.80 Å². The highest BCUT2D eigenvalue weighted by Gasteiger charge is 2.41. The zero-order chi connectivity index (χ0) is 21.4. The minimum absolute atomic E-state index is 0.0301. The molecule has 0 spiro atoms. The second-order valence-corrected chi connectivity index (χ2v) is 15.4. The van der Waals surface area contributed by atoms with E-state index in [1.54, 1.807) is 0 Å². The molecule has 0 aromatic heterocycles. The molecule has 2 aromatic carbocycles. The van der Waals surface area contributed by atoms with Crippen molar-refractivity contribution in [3.8, 4) is 0 Å². The molecule has 1 aliphatic carbocycles. The van der Waals surface area contributed by atoms with Gasteiger partial charge >= 0.3 is 0 Å². The first-order valence-electron chi connectivity index (χ1n) is 10.7. The molecule has 4 heteroatoms.